The summed E-state index contributed by atoms with van der Waals surface area (Å²) in [5.41, 5.74) is 1.11. The van der Waals surface area contributed by atoms with E-state index in [0.717, 1.165) is 23.8 Å². The Hall–Kier alpha value is -0.980. The summed E-state index contributed by atoms with van der Waals surface area (Å²) in [6.07, 6.45) is 4.07. The number of ether oxygens (including phenoxy) is 1. The molecule has 0 spiro atoms. The third-order valence-corrected chi connectivity index (χ3v) is 2.71. The SMILES string of the molecule is Cc1[c]cccc1OCC1CCC1. The fraction of sp³-hybridized carbons (Fsp3) is 0.500. The van der Waals surface area contributed by atoms with Gasteiger partial charge in [-0.05, 0) is 43.4 Å². The molecule has 0 unspecified atom stereocenters. The van der Waals surface area contributed by atoms with Crippen LogP contribution in [0.5, 0.6) is 5.75 Å². The summed E-state index contributed by atoms with van der Waals surface area (Å²) in [6.45, 7) is 2.93. The van der Waals surface area contributed by atoms with E-state index in [1.165, 1.54) is 19.3 Å². The van der Waals surface area contributed by atoms with Crippen LogP contribution in [0, 0.1) is 18.9 Å². The van der Waals surface area contributed by atoms with Gasteiger partial charge in [0.25, 0.3) is 0 Å². The van der Waals surface area contributed by atoms with Gasteiger partial charge in [-0.15, -0.1) is 0 Å². The Kier molecular flexibility index (Phi) is 2.53. The third-order valence-electron chi connectivity index (χ3n) is 2.71. The molecule has 13 heavy (non-hydrogen) atoms. The van der Waals surface area contributed by atoms with Crippen LogP contribution >= 0.6 is 0 Å². The minimum absolute atomic E-state index is 0.805. The lowest BCUT2D eigenvalue weighted by atomic mass is 9.86. The maximum absolute atomic E-state index is 5.71. The Morgan fingerprint density at radius 1 is 1.54 bits per heavy atom. The van der Waals surface area contributed by atoms with Crippen molar-refractivity contribution < 1.29 is 4.74 Å². The summed E-state index contributed by atoms with van der Waals surface area (Å²) in [6, 6.07) is 9.05. The van der Waals surface area contributed by atoms with Crippen LogP contribution in [0.3, 0.4) is 0 Å². The summed E-state index contributed by atoms with van der Waals surface area (Å²) in [4.78, 5) is 0. The molecule has 1 nitrogen and oxygen atoms in total. The molecule has 1 aliphatic rings. The molecular weight excluding hydrogens is 160 g/mol. The van der Waals surface area contributed by atoms with Crippen molar-refractivity contribution >= 4 is 0 Å². The molecular formula is C12H15O. The average Bonchev–Trinajstić information content (AvgIpc) is 2.05. The summed E-state index contributed by atoms with van der Waals surface area (Å²) in [7, 11) is 0. The van der Waals surface area contributed by atoms with E-state index in [-0.39, 0.29) is 0 Å². The highest BCUT2D eigenvalue weighted by Gasteiger charge is 2.17. The highest BCUT2D eigenvalue weighted by molar-refractivity contribution is 5.30. The maximum Gasteiger partial charge on any atom is 0.122 e. The predicted octanol–water partition coefficient (Wildman–Crippen LogP) is 2.97. The second-order valence-electron chi connectivity index (χ2n) is 3.77. The Morgan fingerprint density at radius 3 is 3.00 bits per heavy atom. The average molecular weight is 175 g/mol. The second-order valence-corrected chi connectivity index (χ2v) is 3.77. The van der Waals surface area contributed by atoms with E-state index < -0.39 is 0 Å². The standard InChI is InChI=1S/C12H15O/c1-10-5-2-3-8-12(10)13-9-11-6-4-7-11/h2-3,8,11H,4,6-7,9H2,1H3. The molecule has 2 rings (SSSR count). The van der Waals surface area contributed by atoms with Gasteiger partial charge in [-0.3, -0.25) is 0 Å². The molecule has 0 N–H and O–H groups in total. The van der Waals surface area contributed by atoms with Gasteiger partial charge in [0.15, 0.2) is 0 Å². The highest BCUT2D eigenvalue weighted by atomic mass is 16.5. The Balaban J connectivity index is 1.89. The fourth-order valence-electron chi connectivity index (χ4n) is 1.53. The quantitative estimate of drug-likeness (QED) is 0.686. The molecule has 0 saturated heterocycles. The normalized spacial score (nSPS) is 16.7. The van der Waals surface area contributed by atoms with Gasteiger partial charge in [0.05, 0.1) is 6.61 Å². The lowest BCUT2D eigenvalue weighted by Crippen LogP contribution is -2.19. The zero-order valence-electron chi connectivity index (χ0n) is 8.05. The smallest absolute Gasteiger partial charge is 0.122 e. The monoisotopic (exact) mass is 175 g/mol. The fourth-order valence-corrected chi connectivity index (χ4v) is 1.53. The molecule has 0 amide bonds. The van der Waals surface area contributed by atoms with Gasteiger partial charge in [-0.25, -0.2) is 0 Å². The van der Waals surface area contributed by atoms with Crippen molar-refractivity contribution in [3.8, 4) is 5.75 Å². The maximum atomic E-state index is 5.71. The van der Waals surface area contributed by atoms with Crippen LogP contribution in [-0.4, -0.2) is 6.61 Å². The van der Waals surface area contributed by atoms with Crippen molar-refractivity contribution in [2.45, 2.75) is 26.2 Å². The molecule has 0 aliphatic heterocycles. The van der Waals surface area contributed by atoms with Crippen molar-refractivity contribution in [1.82, 2.24) is 0 Å². The Labute approximate surface area is 79.7 Å². The number of rotatable bonds is 3. The first-order valence-electron chi connectivity index (χ1n) is 4.96. The molecule has 0 heterocycles. The van der Waals surface area contributed by atoms with Gasteiger partial charge in [-0.1, -0.05) is 18.6 Å². The largest absolute Gasteiger partial charge is 0.493 e. The molecule has 1 aliphatic carbocycles. The minimum atomic E-state index is 0.805. The van der Waals surface area contributed by atoms with E-state index in [2.05, 4.69) is 6.07 Å². The van der Waals surface area contributed by atoms with E-state index in [1.807, 2.05) is 25.1 Å². The van der Waals surface area contributed by atoms with Crippen LogP contribution in [-0.2, 0) is 0 Å². The Morgan fingerprint density at radius 2 is 2.38 bits per heavy atom. The topological polar surface area (TPSA) is 9.23 Å². The molecule has 1 aromatic rings. The van der Waals surface area contributed by atoms with Crippen molar-refractivity contribution in [2.75, 3.05) is 6.61 Å². The van der Waals surface area contributed by atoms with Crippen LogP contribution in [0.25, 0.3) is 0 Å². The van der Waals surface area contributed by atoms with Crippen molar-refractivity contribution in [3.05, 3.63) is 29.8 Å². The van der Waals surface area contributed by atoms with Gasteiger partial charge in [-0.2, -0.15) is 0 Å². The van der Waals surface area contributed by atoms with Gasteiger partial charge in [0.1, 0.15) is 5.75 Å². The van der Waals surface area contributed by atoms with Gasteiger partial charge in [0.2, 0.25) is 0 Å². The van der Waals surface area contributed by atoms with Crippen LogP contribution in [0.2, 0.25) is 0 Å². The van der Waals surface area contributed by atoms with E-state index in [0.29, 0.717) is 0 Å². The van der Waals surface area contributed by atoms with Gasteiger partial charge >= 0.3 is 0 Å². The third kappa shape index (κ3) is 2.03. The number of hydrogen-bond acceptors (Lipinski definition) is 1. The first kappa shape index (κ1) is 8.61. The van der Waals surface area contributed by atoms with E-state index in [1.54, 1.807) is 0 Å². The predicted molar refractivity (Wildman–Crippen MR) is 52.9 cm³/mol. The van der Waals surface area contributed by atoms with E-state index >= 15 is 0 Å². The highest BCUT2D eigenvalue weighted by Crippen LogP contribution is 2.27. The zero-order chi connectivity index (χ0) is 9.10. The van der Waals surface area contributed by atoms with Crippen LogP contribution in [0.15, 0.2) is 18.2 Å². The van der Waals surface area contributed by atoms with Gasteiger partial charge < -0.3 is 4.74 Å². The van der Waals surface area contributed by atoms with Crippen molar-refractivity contribution in [2.24, 2.45) is 5.92 Å². The number of aryl methyl sites for hydroxylation is 1. The van der Waals surface area contributed by atoms with Crippen LogP contribution in [0.1, 0.15) is 24.8 Å². The second kappa shape index (κ2) is 3.82. The van der Waals surface area contributed by atoms with E-state index in [9.17, 15) is 0 Å². The lowest BCUT2D eigenvalue weighted by molar-refractivity contribution is 0.180. The van der Waals surface area contributed by atoms with Crippen molar-refractivity contribution in [3.63, 3.8) is 0 Å². The molecule has 0 aromatic heterocycles. The molecule has 1 fully saturated rings. The molecule has 1 saturated carbocycles. The summed E-state index contributed by atoms with van der Waals surface area (Å²) in [5.74, 6) is 1.80. The van der Waals surface area contributed by atoms with Gasteiger partial charge in [0, 0.05) is 0 Å². The molecule has 1 heteroatoms. The number of hydrogen-bond donors (Lipinski definition) is 0. The molecule has 1 radical (unpaired) electrons. The van der Waals surface area contributed by atoms with Crippen LogP contribution < -0.4 is 4.74 Å². The molecule has 1 aromatic carbocycles. The van der Waals surface area contributed by atoms with Crippen LogP contribution in [0.4, 0.5) is 0 Å². The van der Waals surface area contributed by atoms with Crippen molar-refractivity contribution in [1.29, 1.82) is 0 Å². The molecule has 0 bridgehead atoms. The van der Waals surface area contributed by atoms with E-state index in [4.69, 9.17) is 4.74 Å². The first-order valence-corrected chi connectivity index (χ1v) is 4.96. The summed E-state index contributed by atoms with van der Waals surface area (Å²) < 4.78 is 5.71. The molecule has 69 valence electrons. The Bertz CT molecular complexity index is 276. The molecule has 0 atom stereocenters. The first-order chi connectivity index (χ1) is 6.36. The number of benzene rings is 1. The summed E-state index contributed by atoms with van der Waals surface area (Å²) in [5, 5.41) is 0. The summed E-state index contributed by atoms with van der Waals surface area (Å²) >= 11 is 0. The minimum Gasteiger partial charge on any atom is -0.493 e. The lowest BCUT2D eigenvalue weighted by Gasteiger charge is -2.25. The zero-order valence-corrected chi connectivity index (χ0v) is 8.05.